The molecule has 1 unspecified atom stereocenters. The molecule has 2 fully saturated rings. The number of hydrogen-bond acceptors (Lipinski definition) is 9. The van der Waals surface area contributed by atoms with Crippen LogP contribution in [0.4, 0.5) is 4.79 Å². The monoisotopic (exact) mass is 670 g/mol. The van der Waals surface area contributed by atoms with Gasteiger partial charge in [-0.1, -0.05) is 26.0 Å². The molecule has 45 heavy (non-hydrogen) atoms. The van der Waals surface area contributed by atoms with E-state index in [9.17, 15) is 18.7 Å². The summed E-state index contributed by atoms with van der Waals surface area (Å²) in [5.41, 5.74) is 0.692. The zero-order valence-electron chi connectivity index (χ0n) is 25.7. The first kappa shape index (κ1) is 35.2. The lowest BCUT2D eigenvalue weighted by molar-refractivity contribution is -0.0907. The van der Waals surface area contributed by atoms with Crippen molar-refractivity contribution < 1.29 is 52.1 Å². The van der Waals surface area contributed by atoms with Crippen LogP contribution >= 0.6 is 7.60 Å². The number of nitrogens with one attached hydrogen (secondary N) is 1. The molecule has 2 saturated heterocycles. The van der Waals surface area contributed by atoms with Crippen molar-refractivity contribution in [3.63, 3.8) is 0 Å². The van der Waals surface area contributed by atoms with Gasteiger partial charge in [-0.15, -0.1) is 0 Å². The summed E-state index contributed by atoms with van der Waals surface area (Å²) in [7, 11) is -5.85. The molecule has 2 aliphatic rings. The number of fused-ring (bicyclic) bond motifs is 1. The van der Waals surface area contributed by atoms with Gasteiger partial charge in [-0.25, -0.2) is 13.3 Å². The van der Waals surface area contributed by atoms with Crippen LogP contribution in [-0.4, -0.2) is 99.7 Å². The summed E-state index contributed by atoms with van der Waals surface area (Å²) in [6, 6.07) is 12.3. The van der Waals surface area contributed by atoms with Crippen molar-refractivity contribution in [1.29, 1.82) is 0 Å². The summed E-state index contributed by atoms with van der Waals surface area (Å²) in [6.07, 6.45) is -2.73. The third-order valence-corrected chi connectivity index (χ3v) is 10.2. The maximum absolute atomic E-state index is 14.1. The number of aliphatic hydroxyl groups is 1. The predicted octanol–water partition coefficient (Wildman–Crippen LogP) is 2.62. The minimum Gasteiger partial charge on any atom is -0.497 e. The second kappa shape index (κ2) is 15.3. The van der Waals surface area contributed by atoms with Crippen LogP contribution in [0.25, 0.3) is 0 Å². The van der Waals surface area contributed by atoms with Crippen LogP contribution in [0.1, 0.15) is 25.8 Å². The third kappa shape index (κ3) is 9.90. The number of carbonyl (C=O) groups is 1. The molecule has 0 radical (unpaired) electrons. The van der Waals surface area contributed by atoms with Crippen molar-refractivity contribution in [3.05, 3.63) is 54.1 Å². The Labute approximate surface area is 264 Å². The van der Waals surface area contributed by atoms with Crippen molar-refractivity contribution in [2.24, 2.45) is 11.8 Å². The van der Waals surface area contributed by atoms with E-state index in [-0.39, 0.29) is 37.2 Å². The largest absolute Gasteiger partial charge is 0.497 e. The molecule has 13 nitrogen and oxygen atoms in total. The lowest BCUT2D eigenvalue weighted by Crippen LogP contribution is -2.51. The van der Waals surface area contributed by atoms with Gasteiger partial charge in [0.1, 0.15) is 17.6 Å². The van der Waals surface area contributed by atoms with Gasteiger partial charge in [-0.3, -0.25) is 4.57 Å². The number of aliphatic hydroxyl groups excluding tert-OH is 1. The molecule has 4 N–H and O–H groups in total. The summed E-state index contributed by atoms with van der Waals surface area (Å²) in [5, 5.41) is 14.4. The molecule has 0 aliphatic carbocycles. The highest BCUT2D eigenvalue weighted by atomic mass is 32.2. The molecule has 2 aromatic rings. The number of hydrogen-bond donors (Lipinski definition) is 4. The third-order valence-electron chi connectivity index (χ3n) is 7.59. The lowest BCUT2D eigenvalue weighted by atomic mass is 10.0. The highest BCUT2D eigenvalue weighted by Gasteiger charge is 2.44. The van der Waals surface area contributed by atoms with Crippen LogP contribution in [0.5, 0.6) is 11.5 Å². The molecule has 1 amide bonds. The van der Waals surface area contributed by atoms with Crippen LogP contribution in [0, 0.1) is 11.8 Å². The van der Waals surface area contributed by atoms with E-state index in [1.807, 2.05) is 13.8 Å². The van der Waals surface area contributed by atoms with Crippen LogP contribution in [0.2, 0.25) is 0 Å². The van der Waals surface area contributed by atoms with Crippen LogP contribution in [-0.2, 0) is 34.9 Å². The maximum Gasteiger partial charge on any atom is 0.407 e. The SMILES string of the molecule is C=S(=O)(c1ccc(OC)cc1)N(CC(C)C)C[C@@H](O)[C@H](Cc1ccc(OCP(=O)(O)O)cc1)NC(=O)O[C@H]1CO[C@H]2OCC[C@H]21. The smallest absolute Gasteiger partial charge is 0.407 e. The summed E-state index contributed by atoms with van der Waals surface area (Å²) < 4.78 is 54.1. The molecular formula is C30H43N2O11PS. The summed E-state index contributed by atoms with van der Waals surface area (Å²) in [4.78, 5) is 31.8. The number of carbonyl (C=O) groups excluding carboxylic acids is 1. The Morgan fingerprint density at radius 2 is 1.78 bits per heavy atom. The molecule has 15 heteroatoms. The first-order chi connectivity index (χ1) is 21.2. The van der Waals surface area contributed by atoms with Crippen LogP contribution in [0.15, 0.2) is 53.4 Å². The molecule has 0 bridgehead atoms. The zero-order valence-corrected chi connectivity index (χ0v) is 27.4. The second-order valence-electron chi connectivity index (χ2n) is 11.6. The number of rotatable bonds is 15. The second-order valence-corrected chi connectivity index (χ2v) is 15.5. The molecular weight excluding hydrogens is 627 g/mol. The zero-order chi connectivity index (χ0) is 32.8. The topological polar surface area (TPSA) is 173 Å². The van der Waals surface area contributed by atoms with Crippen LogP contribution < -0.4 is 14.8 Å². The van der Waals surface area contributed by atoms with Gasteiger partial charge >= 0.3 is 13.7 Å². The Morgan fingerprint density at radius 1 is 1.11 bits per heavy atom. The summed E-state index contributed by atoms with van der Waals surface area (Å²) >= 11 is 0. The Balaban J connectivity index is 1.53. The average Bonchev–Trinajstić information content (AvgIpc) is 3.60. The van der Waals surface area contributed by atoms with Crippen molar-refractivity contribution in [1.82, 2.24) is 9.62 Å². The molecule has 2 aromatic carbocycles. The molecule has 2 heterocycles. The maximum atomic E-state index is 14.1. The van der Waals surface area contributed by atoms with Gasteiger partial charge in [0.2, 0.25) is 0 Å². The van der Waals surface area contributed by atoms with E-state index in [4.69, 9.17) is 33.5 Å². The van der Waals surface area contributed by atoms with E-state index in [2.05, 4.69) is 11.2 Å². The van der Waals surface area contributed by atoms with Gasteiger partial charge in [0.05, 0.1) is 48.1 Å². The molecule has 4 rings (SSSR count). The number of alkyl carbamates (subject to hydrolysis) is 1. The molecule has 0 saturated carbocycles. The van der Waals surface area contributed by atoms with E-state index in [0.717, 1.165) is 0 Å². The van der Waals surface area contributed by atoms with Gasteiger partial charge < -0.3 is 43.9 Å². The fourth-order valence-electron chi connectivity index (χ4n) is 5.28. The van der Waals surface area contributed by atoms with Gasteiger partial charge in [-0.2, -0.15) is 0 Å². The van der Waals surface area contributed by atoms with Crippen molar-refractivity contribution in [2.45, 2.75) is 56.1 Å². The van der Waals surface area contributed by atoms with Crippen LogP contribution in [0.3, 0.4) is 0 Å². The standard InChI is InChI=1S/C30H43N2O11PS/c1-20(2)16-32(45(4,38)24-11-9-22(39-3)10-12-24)17-27(33)26(15-21-5-7-23(8-6-21)42-19-44(35,36)37)31-30(34)43-28-18-41-29-25(28)13-14-40-29/h5-12,20,25-29,33H,4,13-19H2,1-3H3,(H,31,34)(H2,35,36,37)/t25-,26-,27+,28-,29+,45?/m0/s1. The van der Waals surface area contributed by atoms with E-state index < -0.39 is 54.3 Å². The minimum atomic E-state index is -4.35. The van der Waals surface area contributed by atoms with Crippen molar-refractivity contribution in [2.75, 3.05) is 39.8 Å². The number of amides is 1. The van der Waals surface area contributed by atoms with E-state index in [1.54, 1.807) is 59.9 Å². The fourth-order valence-corrected chi connectivity index (χ4v) is 7.39. The first-order valence-corrected chi connectivity index (χ1v) is 18.1. The Bertz CT molecular complexity index is 1420. The normalized spacial score (nSPS) is 22.4. The minimum absolute atomic E-state index is 0.0679. The van der Waals surface area contributed by atoms with E-state index in [1.165, 1.54) is 0 Å². The number of nitrogens with zero attached hydrogens (tertiary/aromatic N) is 1. The number of benzene rings is 2. The highest BCUT2D eigenvalue weighted by molar-refractivity contribution is 7.98. The first-order valence-electron chi connectivity index (χ1n) is 14.7. The molecule has 2 aliphatic heterocycles. The fraction of sp³-hybridized carbons (Fsp3) is 0.533. The van der Waals surface area contributed by atoms with Gasteiger partial charge in [0, 0.05) is 18.0 Å². The molecule has 6 atom stereocenters. The average molecular weight is 671 g/mol. The summed E-state index contributed by atoms with van der Waals surface area (Å²) in [5.74, 6) is 4.91. The van der Waals surface area contributed by atoms with Gasteiger partial charge in [-0.05, 0) is 66.6 Å². The summed E-state index contributed by atoms with van der Waals surface area (Å²) in [6.45, 7) is 4.95. The van der Waals surface area contributed by atoms with Gasteiger partial charge in [0.15, 0.2) is 12.6 Å². The Kier molecular flexibility index (Phi) is 11.9. The number of ether oxygens (including phenoxy) is 5. The molecule has 0 spiro atoms. The molecule has 250 valence electrons. The van der Waals surface area contributed by atoms with Gasteiger partial charge in [0.25, 0.3) is 0 Å². The van der Waals surface area contributed by atoms with Crippen molar-refractivity contribution >= 4 is 29.3 Å². The number of methoxy groups -OCH3 is 1. The van der Waals surface area contributed by atoms with Crippen molar-refractivity contribution in [3.8, 4) is 11.5 Å². The Hall–Kier alpha value is -2.68. The quantitative estimate of drug-likeness (QED) is 0.162. The molecule has 0 aromatic heterocycles. The lowest BCUT2D eigenvalue weighted by Gasteiger charge is -2.33. The highest BCUT2D eigenvalue weighted by Crippen LogP contribution is 2.35. The predicted molar refractivity (Wildman–Crippen MR) is 168 cm³/mol. The Morgan fingerprint density at radius 3 is 2.40 bits per heavy atom. The van der Waals surface area contributed by atoms with E-state index in [0.29, 0.717) is 35.8 Å². The van der Waals surface area contributed by atoms with E-state index >= 15 is 0 Å².